The van der Waals surface area contributed by atoms with Crippen molar-refractivity contribution in [2.75, 3.05) is 21.3 Å². The molecule has 0 aliphatic carbocycles. The Morgan fingerprint density at radius 1 is 0.472 bits per heavy atom. The summed E-state index contributed by atoms with van der Waals surface area (Å²) in [5.41, 5.74) is -11.5. The van der Waals surface area contributed by atoms with E-state index in [2.05, 4.69) is 0 Å². The van der Waals surface area contributed by atoms with E-state index in [1.165, 1.54) is 54.6 Å². The Hall–Kier alpha value is -5.55. The van der Waals surface area contributed by atoms with Crippen LogP contribution in [0.3, 0.4) is 0 Å². The number of halogens is 9. The second-order valence-electron chi connectivity index (χ2n) is 23.4. The molecule has 0 saturated carbocycles. The van der Waals surface area contributed by atoms with Crippen molar-refractivity contribution in [2.45, 2.75) is 252 Å². The third-order valence-corrected chi connectivity index (χ3v) is 17.3. The molecular formula is C67H87F9O13. The molecule has 3 heterocycles. The number of carbonyl (C=O) groups is 4. The topological polar surface area (TPSA) is 151 Å². The predicted molar refractivity (Wildman–Crippen MR) is 311 cm³/mol. The Morgan fingerprint density at radius 2 is 0.820 bits per heavy atom. The summed E-state index contributed by atoms with van der Waals surface area (Å²) >= 11 is 0. The molecule has 11 atom stereocenters. The lowest BCUT2D eigenvalue weighted by Gasteiger charge is -2.35. The summed E-state index contributed by atoms with van der Waals surface area (Å²) in [7, 11) is 2.25. The van der Waals surface area contributed by atoms with Crippen LogP contribution < -0.4 is 0 Å². The second kappa shape index (κ2) is 33.7. The molecule has 496 valence electrons. The highest BCUT2D eigenvalue weighted by molar-refractivity contribution is 5.90. The van der Waals surface area contributed by atoms with Crippen LogP contribution in [0.25, 0.3) is 0 Å². The fourth-order valence-corrected chi connectivity index (χ4v) is 12.4. The van der Waals surface area contributed by atoms with Crippen molar-refractivity contribution in [1.29, 1.82) is 0 Å². The molecule has 0 spiro atoms. The summed E-state index contributed by atoms with van der Waals surface area (Å²) in [6.45, 7) is 3.79. The van der Waals surface area contributed by atoms with Crippen LogP contribution >= 0.6 is 0 Å². The Labute approximate surface area is 516 Å². The first-order chi connectivity index (χ1) is 42.4. The van der Waals surface area contributed by atoms with E-state index in [9.17, 15) is 19.2 Å². The van der Waals surface area contributed by atoms with Gasteiger partial charge in [0.1, 0.15) is 24.4 Å². The molecule has 0 amide bonds. The molecule has 3 aromatic rings. The molecule has 0 N–H and O–H groups in total. The van der Waals surface area contributed by atoms with E-state index in [1.54, 1.807) is 0 Å². The van der Waals surface area contributed by atoms with E-state index in [0.717, 1.165) is 128 Å². The van der Waals surface area contributed by atoms with E-state index in [4.69, 9.17) is 42.6 Å². The van der Waals surface area contributed by atoms with E-state index in [1.807, 2.05) is 19.9 Å². The van der Waals surface area contributed by atoms with Crippen molar-refractivity contribution in [1.82, 2.24) is 0 Å². The van der Waals surface area contributed by atoms with Gasteiger partial charge in [-0.15, -0.1) is 0 Å². The number of rotatable bonds is 37. The highest BCUT2D eigenvalue weighted by Gasteiger charge is 2.67. The Bertz CT molecular complexity index is 2680. The molecule has 0 radical (unpaired) electrons. The van der Waals surface area contributed by atoms with Gasteiger partial charge in [-0.2, -0.15) is 39.5 Å². The zero-order valence-electron chi connectivity index (χ0n) is 51.5. The number of methoxy groups -OCH3 is 3. The van der Waals surface area contributed by atoms with Crippen LogP contribution in [0, 0.1) is 0 Å². The van der Waals surface area contributed by atoms with Crippen LogP contribution in [0.4, 0.5) is 39.5 Å². The highest BCUT2D eigenvalue weighted by Crippen LogP contribution is 2.47. The third kappa shape index (κ3) is 18.2. The van der Waals surface area contributed by atoms with E-state index in [0.29, 0.717) is 32.1 Å². The molecule has 3 aliphatic rings. The minimum Gasteiger partial charge on any atom is -0.460 e. The van der Waals surface area contributed by atoms with Gasteiger partial charge in [0.15, 0.2) is 0 Å². The lowest BCUT2D eigenvalue weighted by Crippen LogP contribution is -2.53. The molecular weight excluding hydrogens is 1180 g/mol. The number of cyclic esters (lactones) is 1. The SMILES string of the molecule is CCCCCCC(CCC[C@@H](OC(=O)[C@](OC)(c1ccccc1)C(F)(F)F)[C@H]1CC[C@H]([C@H]2CC[C@H]([C@@H](CCCCCCCCCCCCC3=C[C@H](C)OC3=O)OC(=O)[C@](OC)(c3ccccc3)C(F)(F)F)O2)O1)OC(=O)[C@](OC)(c1ccccc1)C(F)(F)F. The maximum absolute atomic E-state index is 15.3. The number of unbranched alkanes of at least 4 members (excludes halogenated alkanes) is 12. The molecule has 0 aromatic heterocycles. The number of hydrogen-bond donors (Lipinski definition) is 0. The summed E-state index contributed by atoms with van der Waals surface area (Å²) in [6.07, 6.45) is -8.78. The molecule has 3 aliphatic heterocycles. The first-order valence-corrected chi connectivity index (χ1v) is 31.3. The van der Waals surface area contributed by atoms with Crippen molar-refractivity contribution in [3.63, 3.8) is 0 Å². The minimum atomic E-state index is -5.36. The maximum atomic E-state index is 15.3. The zero-order chi connectivity index (χ0) is 64.9. The van der Waals surface area contributed by atoms with Crippen molar-refractivity contribution in [2.24, 2.45) is 0 Å². The molecule has 6 rings (SSSR count). The van der Waals surface area contributed by atoms with Crippen LogP contribution in [0.15, 0.2) is 103 Å². The van der Waals surface area contributed by atoms with Gasteiger partial charge < -0.3 is 42.6 Å². The van der Waals surface area contributed by atoms with Crippen molar-refractivity contribution in [3.05, 3.63) is 119 Å². The van der Waals surface area contributed by atoms with Gasteiger partial charge in [0.2, 0.25) is 0 Å². The van der Waals surface area contributed by atoms with Gasteiger partial charge in [-0.05, 0) is 96.5 Å². The monoisotopic (exact) mass is 1270 g/mol. The molecule has 2 saturated heterocycles. The molecule has 2 fully saturated rings. The second-order valence-corrected chi connectivity index (χ2v) is 23.4. The fraction of sp³-hybridized carbons (Fsp3) is 0.642. The van der Waals surface area contributed by atoms with Crippen LogP contribution in [-0.4, -0.2) is 113 Å². The molecule has 3 aromatic carbocycles. The maximum Gasteiger partial charge on any atom is 0.432 e. The highest BCUT2D eigenvalue weighted by atomic mass is 19.4. The summed E-state index contributed by atoms with van der Waals surface area (Å²) < 4.78 is 188. The Kier molecular flexibility index (Phi) is 27.4. The molecule has 1 unspecified atom stereocenters. The third-order valence-electron chi connectivity index (χ3n) is 17.3. The van der Waals surface area contributed by atoms with Crippen molar-refractivity contribution < 1.29 is 101 Å². The van der Waals surface area contributed by atoms with Crippen LogP contribution in [0.2, 0.25) is 0 Å². The Balaban J connectivity index is 1.18. The van der Waals surface area contributed by atoms with E-state index in [-0.39, 0.29) is 69.9 Å². The summed E-state index contributed by atoms with van der Waals surface area (Å²) in [4.78, 5) is 54.3. The predicted octanol–water partition coefficient (Wildman–Crippen LogP) is 15.8. The van der Waals surface area contributed by atoms with Crippen molar-refractivity contribution in [3.8, 4) is 0 Å². The van der Waals surface area contributed by atoms with Gasteiger partial charge in [0.25, 0.3) is 16.8 Å². The van der Waals surface area contributed by atoms with Crippen LogP contribution in [0.1, 0.15) is 185 Å². The summed E-state index contributed by atoms with van der Waals surface area (Å²) in [5.74, 6) is -5.45. The van der Waals surface area contributed by atoms with Gasteiger partial charge in [0.05, 0.1) is 24.4 Å². The van der Waals surface area contributed by atoms with Gasteiger partial charge in [-0.3, -0.25) is 0 Å². The quantitative estimate of drug-likeness (QED) is 0.0233. The average Bonchev–Trinajstić information content (AvgIpc) is 1.46. The number of ether oxygens (including phenoxy) is 9. The summed E-state index contributed by atoms with van der Waals surface area (Å²) in [5, 5.41) is 0. The largest absolute Gasteiger partial charge is 0.460 e. The number of alkyl halides is 9. The van der Waals surface area contributed by atoms with Gasteiger partial charge in [-0.25, -0.2) is 19.2 Å². The van der Waals surface area contributed by atoms with Crippen molar-refractivity contribution >= 4 is 23.9 Å². The lowest BCUT2D eigenvalue weighted by molar-refractivity contribution is -0.281. The Morgan fingerprint density at radius 3 is 1.19 bits per heavy atom. The number of esters is 4. The smallest absolute Gasteiger partial charge is 0.432 e. The summed E-state index contributed by atoms with van der Waals surface area (Å²) in [6, 6.07) is 18.9. The first kappa shape index (κ1) is 72.5. The van der Waals surface area contributed by atoms with Gasteiger partial charge >= 0.3 is 42.4 Å². The van der Waals surface area contributed by atoms with Crippen LogP contribution in [0.5, 0.6) is 0 Å². The number of benzene rings is 3. The zero-order valence-corrected chi connectivity index (χ0v) is 51.5. The first-order valence-electron chi connectivity index (χ1n) is 31.3. The molecule has 13 nitrogen and oxygen atoms in total. The number of hydrogen-bond acceptors (Lipinski definition) is 13. The average molecular weight is 1270 g/mol. The van der Waals surface area contributed by atoms with Crippen LogP contribution in [-0.2, 0) is 78.6 Å². The fourth-order valence-electron chi connectivity index (χ4n) is 12.4. The van der Waals surface area contributed by atoms with Gasteiger partial charge in [0, 0.05) is 43.6 Å². The molecule has 89 heavy (non-hydrogen) atoms. The molecule has 0 bridgehead atoms. The normalized spacial score (nSPS) is 22.0. The van der Waals surface area contributed by atoms with E-state index >= 15 is 39.5 Å². The molecule has 22 heteroatoms. The minimum absolute atomic E-state index is 0.0538. The van der Waals surface area contributed by atoms with E-state index < -0.39 is 113 Å². The lowest BCUT2D eigenvalue weighted by atomic mass is 9.92. The van der Waals surface area contributed by atoms with Gasteiger partial charge in [-0.1, -0.05) is 169 Å². The standard InChI is InChI=1S/C67H87F9O13/c1-6-7-8-27-37-51(85-59(78)62(81-3,65(68,69)70)48-31-21-17-22-32-48)38-29-40-53(89-61(80)64(83-5,67(74,75)76)50-35-25-19-26-36-50)55-42-44-57(87-55)56-43-41-54(86-56)52(88-60(79)63(82-4,66(71,72)73)49-33-23-18-24-34-49)39-28-16-14-12-10-9-11-13-15-20-30-47-45-46(2)84-58(47)77/h17-19,21-26,31-36,45-46,51-57H,6-16,20,27-30,37-44H2,1-5H3/t46-,51?,52+,53+,54+,55+,56+,57+,62+,63+,64+/m0/s1. The number of carbonyl (C=O) groups excluding carboxylic acids is 4.